The Morgan fingerprint density at radius 2 is 1.72 bits per heavy atom. The molecule has 1 heterocycles. The quantitative estimate of drug-likeness (QED) is 0.646. The van der Waals surface area contributed by atoms with Crippen molar-refractivity contribution in [3.63, 3.8) is 0 Å². The van der Waals surface area contributed by atoms with Crippen molar-refractivity contribution >= 4 is 29.3 Å². The molecule has 0 radical (unpaired) electrons. The minimum absolute atomic E-state index is 0.0232. The minimum atomic E-state index is 0.0232. The van der Waals surface area contributed by atoms with Gasteiger partial charge in [0.25, 0.3) is 0 Å². The highest BCUT2D eigenvalue weighted by molar-refractivity contribution is 7.99. The van der Waals surface area contributed by atoms with Gasteiger partial charge in [-0.25, -0.2) is 0 Å². The van der Waals surface area contributed by atoms with Crippen LogP contribution in [0.5, 0.6) is 5.75 Å². The molecule has 0 saturated carbocycles. The number of para-hydroxylation sites is 1. The maximum Gasteiger partial charge on any atom is 0.232 e. The summed E-state index contributed by atoms with van der Waals surface area (Å²) in [7, 11) is 1.65. The van der Waals surface area contributed by atoms with Crippen molar-refractivity contribution in [1.29, 1.82) is 0 Å². The van der Waals surface area contributed by atoms with E-state index in [1.807, 2.05) is 61.5 Å². The highest BCUT2D eigenvalue weighted by Gasteiger charge is 2.14. The Labute approximate surface area is 150 Å². The van der Waals surface area contributed by atoms with Crippen molar-refractivity contribution in [2.24, 2.45) is 0 Å². The zero-order valence-electron chi connectivity index (χ0n) is 14.0. The van der Waals surface area contributed by atoms with Gasteiger partial charge in [0.2, 0.25) is 11.9 Å². The zero-order chi connectivity index (χ0) is 17.6. The third-order valence-electron chi connectivity index (χ3n) is 3.44. The van der Waals surface area contributed by atoms with Crippen LogP contribution in [-0.2, 0) is 0 Å². The fourth-order valence-corrected chi connectivity index (χ4v) is 3.12. The number of hydrogen-bond donors (Lipinski definition) is 2. The van der Waals surface area contributed by atoms with E-state index in [2.05, 4.69) is 20.3 Å². The average molecular weight is 353 g/mol. The van der Waals surface area contributed by atoms with Gasteiger partial charge in [0.1, 0.15) is 11.6 Å². The molecule has 0 fully saturated rings. The first-order valence-corrected chi connectivity index (χ1v) is 8.66. The lowest BCUT2D eigenvalue weighted by atomic mass is 10.3. The summed E-state index contributed by atoms with van der Waals surface area (Å²) in [5, 5.41) is 3.17. The predicted octanol–water partition coefficient (Wildman–Crippen LogP) is 4.06. The molecule has 0 aliphatic heterocycles. The molecule has 0 aliphatic carbocycles. The van der Waals surface area contributed by atoms with Gasteiger partial charge in [-0.3, -0.25) is 0 Å². The molecule has 25 heavy (non-hydrogen) atoms. The molecule has 1 unspecified atom stereocenters. The summed E-state index contributed by atoms with van der Waals surface area (Å²) in [6, 6.07) is 17.6. The van der Waals surface area contributed by atoms with E-state index in [1.54, 1.807) is 18.9 Å². The van der Waals surface area contributed by atoms with Crippen molar-refractivity contribution in [3.8, 4) is 5.75 Å². The van der Waals surface area contributed by atoms with Gasteiger partial charge in [0.15, 0.2) is 0 Å². The minimum Gasteiger partial charge on any atom is -0.497 e. The molecule has 2 aromatic carbocycles. The Hall–Kier alpha value is -2.80. The van der Waals surface area contributed by atoms with Crippen molar-refractivity contribution in [2.45, 2.75) is 17.1 Å². The first-order valence-electron chi connectivity index (χ1n) is 7.78. The second kappa shape index (κ2) is 7.85. The number of nitrogens with two attached hydrogens (primary N) is 1. The number of anilines is 3. The number of ether oxygens (including phenoxy) is 1. The Balaban J connectivity index is 1.76. The normalized spacial score (nSPS) is 11.8. The number of nitrogens with one attached hydrogen (secondary N) is 1. The molecule has 0 amide bonds. The highest BCUT2D eigenvalue weighted by atomic mass is 32.2. The van der Waals surface area contributed by atoms with Gasteiger partial charge in [-0.05, 0) is 43.3 Å². The molecule has 0 spiro atoms. The average Bonchev–Trinajstić information content (AvgIpc) is 2.62. The monoisotopic (exact) mass is 353 g/mol. The van der Waals surface area contributed by atoms with Crippen LogP contribution in [0, 0.1) is 0 Å². The summed E-state index contributed by atoms with van der Waals surface area (Å²) >= 11 is 1.65. The van der Waals surface area contributed by atoms with E-state index >= 15 is 0 Å². The Morgan fingerprint density at radius 3 is 2.40 bits per heavy atom. The summed E-state index contributed by atoms with van der Waals surface area (Å²) in [5.41, 5.74) is 6.75. The van der Waals surface area contributed by atoms with Gasteiger partial charge in [-0.1, -0.05) is 18.2 Å². The van der Waals surface area contributed by atoms with Gasteiger partial charge in [0, 0.05) is 10.6 Å². The molecule has 1 aromatic heterocycles. The first-order chi connectivity index (χ1) is 12.1. The molecule has 7 heteroatoms. The van der Waals surface area contributed by atoms with E-state index in [4.69, 9.17) is 10.5 Å². The van der Waals surface area contributed by atoms with Gasteiger partial charge in [-0.2, -0.15) is 15.0 Å². The SMILES string of the molecule is COc1ccc(SC(C)c2nc(N)nc(Nc3ccccc3)n2)cc1. The van der Waals surface area contributed by atoms with E-state index in [0.29, 0.717) is 11.8 Å². The lowest BCUT2D eigenvalue weighted by Gasteiger charge is -2.12. The van der Waals surface area contributed by atoms with E-state index < -0.39 is 0 Å². The number of thioether (sulfide) groups is 1. The number of benzene rings is 2. The number of nitrogen functional groups attached to an aromatic ring is 1. The summed E-state index contributed by atoms with van der Waals surface area (Å²) in [6.07, 6.45) is 0. The summed E-state index contributed by atoms with van der Waals surface area (Å²) < 4.78 is 5.18. The molecule has 6 nitrogen and oxygen atoms in total. The van der Waals surface area contributed by atoms with Crippen molar-refractivity contribution in [2.75, 3.05) is 18.2 Å². The van der Waals surface area contributed by atoms with Crippen LogP contribution in [0.2, 0.25) is 0 Å². The van der Waals surface area contributed by atoms with Crippen LogP contribution in [-0.4, -0.2) is 22.1 Å². The second-order valence-corrected chi connectivity index (χ2v) is 6.72. The van der Waals surface area contributed by atoms with Crippen LogP contribution in [0.25, 0.3) is 0 Å². The standard InChI is InChI=1S/C18H19N5OS/c1-12(25-15-10-8-14(24-2)9-11-15)16-21-17(19)23-18(22-16)20-13-6-4-3-5-7-13/h3-12H,1-2H3,(H3,19,20,21,22,23). The molecular weight excluding hydrogens is 334 g/mol. The maximum absolute atomic E-state index is 5.85. The van der Waals surface area contributed by atoms with Crippen LogP contribution < -0.4 is 15.8 Å². The second-order valence-electron chi connectivity index (χ2n) is 5.30. The lowest BCUT2D eigenvalue weighted by Crippen LogP contribution is -2.08. The maximum atomic E-state index is 5.85. The van der Waals surface area contributed by atoms with Crippen molar-refractivity contribution in [3.05, 3.63) is 60.4 Å². The highest BCUT2D eigenvalue weighted by Crippen LogP contribution is 2.34. The molecule has 0 bridgehead atoms. The van der Waals surface area contributed by atoms with Gasteiger partial charge in [0.05, 0.1) is 12.4 Å². The largest absolute Gasteiger partial charge is 0.497 e. The van der Waals surface area contributed by atoms with E-state index in [0.717, 1.165) is 16.3 Å². The number of hydrogen-bond acceptors (Lipinski definition) is 7. The molecule has 0 saturated heterocycles. The van der Waals surface area contributed by atoms with E-state index in [-0.39, 0.29) is 11.2 Å². The molecule has 3 aromatic rings. The van der Waals surface area contributed by atoms with E-state index in [9.17, 15) is 0 Å². The van der Waals surface area contributed by atoms with E-state index in [1.165, 1.54) is 0 Å². The Bertz CT molecular complexity index is 827. The zero-order valence-corrected chi connectivity index (χ0v) is 14.8. The first kappa shape index (κ1) is 17.0. The lowest BCUT2D eigenvalue weighted by molar-refractivity contribution is 0.414. The number of aromatic nitrogens is 3. The number of nitrogens with zero attached hydrogens (tertiary/aromatic N) is 3. The topological polar surface area (TPSA) is 86.0 Å². The van der Waals surface area contributed by atoms with Crippen molar-refractivity contribution < 1.29 is 4.74 Å². The fraction of sp³-hybridized carbons (Fsp3) is 0.167. The molecule has 128 valence electrons. The number of methoxy groups -OCH3 is 1. The third-order valence-corrected chi connectivity index (χ3v) is 4.54. The van der Waals surface area contributed by atoms with Crippen LogP contribution in [0.4, 0.5) is 17.6 Å². The molecule has 0 aliphatic rings. The van der Waals surface area contributed by atoms with Crippen molar-refractivity contribution in [1.82, 2.24) is 15.0 Å². The van der Waals surface area contributed by atoms with Gasteiger partial charge in [-0.15, -0.1) is 11.8 Å². The van der Waals surface area contributed by atoms with Crippen LogP contribution in [0.15, 0.2) is 59.5 Å². The molecule has 1 atom stereocenters. The summed E-state index contributed by atoms with van der Waals surface area (Å²) in [6.45, 7) is 2.04. The van der Waals surface area contributed by atoms with Gasteiger partial charge < -0.3 is 15.8 Å². The smallest absolute Gasteiger partial charge is 0.232 e. The number of rotatable bonds is 6. The Morgan fingerprint density at radius 1 is 1.00 bits per heavy atom. The molecule has 3 rings (SSSR count). The molecular formula is C18H19N5OS. The van der Waals surface area contributed by atoms with Crippen LogP contribution in [0.3, 0.4) is 0 Å². The van der Waals surface area contributed by atoms with Crippen LogP contribution in [0.1, 0.15) is 18.0 Å². The fourth-order valence-electron chi connectivity index (χ4n) is 2.21. The summed E-state index contributed by atoms with van der Waals surface area (Å²) in [4.78, 5) is 14.0. The third kappa shape index (κ3) is 4.60. The molecule has 3 N–H and O–H groups in total. The predicted molar refractivity (Wildman–Crippen MR) is 101 cm³/mol. The Kier molecular flexibility index (Phi) is 5.35. The van der Waals surface area contributed by atoms with Crippen LogP contribution >= 0.6 is 11.8 Å². The summed E-state index contributed by atoms with van der Waals surface area (Å²) in [5.74, 6) is 2.10. The van der Waals surface area contributed by atoms with Gasteiger partial charge >= 0.3 is 0 Å².